The maximum atomic E-state index is 9.36. The molecule has 1 aromatic heterocycles. The molecule has 12 heavy (non-hydrogen) atoms. The van der Waals surface area contributed by atoms with Gasteiger partial charge < -0.3 is 0 Å². The molecular weight excluding hydrogens is 215 g/mol. The summed E-state index contributed by atoms with van der Waals surface area (Å²) in [5, 5.41) is 17.7. The molecule has 0 aliphatic rings. The number of aryl methyl sites for hydroxylation is 2. The topological polar surface area (TPSA) is 49.0 Å². The minimum atomic E-state index is 0.188. The molecule has 0 fully saturated rings. The Morgan fingerprint density at radius 2 is 2.17 bits per heavy atom. The number of rotatable bonds is 1. The van der Waals surface area contributed by atoms with E-state index in [1.54, 1.807) is 6.92 Å². The second-order valence-corrected chi connectivity index (χ2v) is 3.43. The van der Waals surface area contributed by atoms with Crippen molar-refractivity contribution < 1.29 is 5.21 Å². The Labute approximate surface area is 80.0 Å². The van der Waals surface area contributed by atoms with Crippen LogP contribution in [0.5, 0.6) is 0 Å². The summed E-state index contributed by atoms with van der Waals surface area (Å²) in [5.74, 6) is 0. The van der Waals surface area contributed by atoms with Gasteiger partial charge in [-0.25, -0.2) is 0 Å². The van der Waals surface area contributed by atoms with E-state index in [1.165, 1.54) is 0 Å². The maximum absolute atomic E-state index is 9.36. The van der Waals surface area contributed by atoms with Gasteiger partial charge in [-0.05, 0) is 0 Å². The van der Waals surface area contributed by atoms with Gasteiger partial charge in [-0.1, -0.05) is 0 Å². The average Bonchev–Trinajstić information content (AvgIpc) is 2.01. The molecule has 0 aliphatic heterocycles. The number of nitrogens with one attached hydrogen (secondary N) is 1. The van der Waals surface area contributed by atoms with Crippen molar-refractivity contribution in [2.75, 3.05) is 0 Å². The number of aromatic nitrogens is 1. The molecule has 0 bridgehead atoms. The summed E-state index contributed by atoms with van der Waals surface area (Å²) >= 11 is 2.41. The zero-order chi connectivity index (χ0) is 9.30. The van der Waals surface area contributed by atoms with Gasteiger partial charge in [0.05, 0.1) is 0 Å². The van der Waals surface area contributed by atoms with Gasteiger partial charge in [0.25, 0.3) is 0 Å². The monoisotopic (exact) mass is 226 g/mol. The van der Waals surface area contributed by atoms with Crippen molar-refractivity contribution in [3.8, 4) is 0 Å². The first kappa shape index (κ1) is 9.40. The zero-order valence-electron chi connectivity index (χ0n) is 7.13. The molecule has 4 heteroatoms. The van der Waals surface area contributed by atoms with Gasteiger partial charge >= 0.3 is 79.6 Å². The van der Waals surface area contributed by atoms with Crippen LogP contribution in [0.2, 0.25) is 0 Å². The minimum absolute atomic E-state index is 0.188. The molecule has 0 saturated carbocycles. The van der Waals surface area contributed by atoms with Gasteiger partial charge in [0.15, 0.2) is 0 Å². The molecular formula is C8H11AsN2O. The molecule has 1 rings (SSSR count). The summed E-state index contributed by atoms with van der Waals surface area (Å²) in [4.78, 5) is 0. The Balaban J connectivity index is 3.52. The Morgan fingerprint density at radius 3 is 2.67 bits per heavy atom. The normalized spacial score (nSPS) is 10.2. The first-order chi connectivity index (χ1) is 5.57. The molecule has 0 spiro atoms. The second kappa shape index (κ2) is 3.36. The van der Waals surface area contributed by atoms with Crippen LogP contribution in [0.15, 0.2) is 6.07 Å². The van der Waals surface area contributed by atoms with Crippen LogP contribution >= 0.6 is 0 Å². The fraction of sp³-hybridized carbons (Fsp3) is 0.375. The third-order valence-corrected chi connectivity index (χ3v) is 2.55. The van der Waals surface area contributed by atoms with E-state index >= 15 is 0 Å². The summed E-state index contributed by atoms with van der Waals surface area (Å²) < 4.78 is 0.912. The number of nitrogens with zero attached hydrogens (tertiary/aromatic N) is 1. The molecule has 1 heterocycles. The van der Waals surface area contributed by atoms with Crippen molar-refractivity contribution >= 4 is 16.9 Å². The van der Waals surface area contributed by atoms with Gasteiger partial charge in [0.1, 0.15) is 0 Å². The van der Waals surface area contributed by atoms with E-state index in [0.717, 1.165) is 21.1 Å². The standard InChI is InChI=1S/C8H11AsN2O/c1-5-3-6(2)11(12)8(10)7(5)4-9/h3,10,12H,4H2,1-2H3. The molecule has 0 aromatic carbocycles. The van der Waals surface area contributed by atoms with Gasteiger partial charge in [0, 0.05) is 0 Å². The predicted octanol–water partition coefficient (Wildman–Crippen LogP) is 0.490. The number of hydrogen-bond donors (Lipinski definition) is 2. The average molecular weight is 226 g/mol. The van der Waals surface area contributed by atoms with Crippen LogP contribution in [0.1, 0.15) is 16.8 Å². The van der Waals surface area contributed by atoms with Gasteiger partial charge in [0.2, 0.25) is 0 Å². The van der Waals surface area contributed by atoms with E-state index in [-0.39, 0.29) is 5.49 Å². The molecule has 2 radical (unpaired) electrons. The predicted molar refractivity (Wildman–Crippen MR) is 46.4 cm³/mol. The first-order valence-corrected chi connectivity index (χ1v) is 4.97. The number of hydrogen-bond acceptors (Lipinski definition) is 2. The second-order valence-electron chi connectivity index (χ2n) is 2.77. The first-order valence-electron chi connectivity index (χ1n) is 3.64. The van der Waals surface area contributed by atoms with Crippen molar-refractivity contribution in [3.05, 3.63) is 28.4 Å². The Morgan fingerprint density at radius 1 is 1.58 bits per heavy atom. The van der Waals surface area contributed by atoms with E-state index in [4.69, 9.17) is 5.41 Å². The third-order valence-electron chi connectivity index (χ3n) is 1.89. The van der Waals surface area contributed by atoms with Crippen molar-refractivity contribution in [1.82, 2.24) is 4.73 Å². The summed E-state index contributed by atoms with van der Waals surface area (Å²) in [7, 11) is 0. The van der Waals surface area contributed by atoms with Crippen LogP contribution in [0, 0.1) is 19.3 Å². The van der Waals surface area contributed by atoms with E-state index in [0.29, 0.717) is 5.69 Å². The van der Waals surface area contributed by atoms with Crippen LogP contribution in [0.25, 0.3) is 0 Å². The van der Waals surface area contributed by atoms with Crippen LogP contribution in [-0.2, 0) is 5.21 Å². The van der Waals surface area contributed by atoms with E-state index in [2.05, 4.69) is 16.9 Å². The van der Waals surface area contributed by atoms with E-state index < -0.39 is 0 Å². The Bertz CT molecular complexity index is 357. The van der Waals surface area contributed by atoms with Crippen molar-refractivity contribution in [1.29, 1.82) is 5.41 Å². The molecule has 0 atom stereocenters. The number of pyridine rings is 1. The Kier molecular flexibility index (Phi) is 2.63. The molecule has 0 saturated heterocycles. The van der Waals surface area contributed by atoms with Gasteiger partial charge in [-0.2, -0.15) is 0 Å². The summed E-state index contributed by atoms with van der Waals surface area (Å²) in [6.45, 7) is 3.73. The summed E-state index contributed by atoms with van der Waals surface area (Å²) in [6, 6.07) is 1.88. The Hall–Kier alpha value is -0.692. The quantitative estimate of drug-likeness (QED) is 0.531. The molecule has 0 aliphatic carbocycles. The van der Waals surface area contributed by atoms with Gasteiger partial charge in [-0.3, -0.25) is 0 Å². The van der Waals surface area contributed by atoms with Crippen LogP contribution in [0.3, 0.4) is 0 Å². The van der Waals surface area contributed by atoms with Crippen molar-refractivity contribution in [2.45, 2.75) is 19.1 Å². The van der Waals surface area contributed by atoms with E-state index in [1.807, 2.05) is 13.0 Å². The molecule has 1 aromatic rings. The van der Waals surface area contributed by atoms with Crippen LogP contribution < -0.4 is 5.49 Å². The van der Waals surface area contributed by atoms with Crippen LogP contribution in [0.4, 0.5) is 0 Å². The molecule has 64 valence electrons. The molecule has 0 unspecified atom stereocenters. The third kappa shape index (κ3) is 1.42. The molecule has 2 N–H and O–H groups in total. The molecule has 0 amide bonds. The van der Waals surface area contributed by atoms with Crippen LogP contribution in [-0.4, -0.2) is 26.8 Å². The van der Waals surface area contributed by atoms with Gasteiger partial charge in [-0.15, -0.1) is 0 Å². The zero-order valence-corrected chi connectivity index (χ0v) is 9.00. The fourth-order valence-corrected chi connectivity index (χ4v) is 1.99. The van der Waals surface area contributed by atoms with Crippen molar-refractivity contribution in [2.24, 2.45) is 0 Å². The van der Waals surface area contributed by atoms with E-state index in [9.17, 15) is 5.21 Å². The summed E-state index contributed by atoms with van der Waals surface area (Å²) in [6.07, 6.45) is 0. The molecule has 3 nitrogen and oxygen atoms in total. The SMILES string of the molecule is Cc1cc(C)n(O)c(=N)c1C[As]. The van der Waals surface area contributed by atoms with Crippen molar-refractivity contribution in [3.63, 3.8) is 0 Å². The fourth-order valence-electron chi connectivity index (χ4n) is 1.15. The summed E-state index contributed by atoms with van der Waals surface area (Å²) in [5.41, 5.74) is 2.82.